The van der Waals surface area contributed by atoms with Gasteiger partial charge in [-0.25, -0.2) is 4.39 Å². The van der Waals surface area contributed by atoms with Crippen molar-refractivity contribution in [2.24, 2.45) is 0 Å². The first-order valence-electron chi connectivity index (χ1n) is 13.3. The van der Waals surface area contributed by atoms with Gasteiger partial charge in [-0.05, 0) is 86.7 Å². The van der Waals surface area contributed by atoms with Crippen molar-refractivity contribution in [3.63, 3.8) is 0 Å². The Morgan fingerprint density at radius 3 is 1.93 bits per heavy atom. The van der Waals surface area contributed by atoms with Crippen LogP contribution in [0.1, 0.15) is 73.4 Å². The van der Waals surface area contributed by atoms with Crippen LogP contribution in [0.5, 0.6) is 0 Å². The number of anilines is 1. The fraction of sp³-hybridized carbons (Fsp3) is 0.387. The van der Waals surface area contributed by atoms with Crippen molar-refractivity contribution >= 4 is 17.4 Å². The van der Waals surface area contributed by atoms with Crippen LogP contribution in [0.15, 0.2) is 48.7 Å². The van der Waals surface area contributed by atoms with Gasteiger partial charge in [-0.1, -0.05) is 6.07 Å². The van der Waals surface area contributed by atoms with Crippen LogP contribution >= 0.6 is 0 Å². The molecule has 2 aromatic carbocycles. The van der Waals surface area contributed by atoms with E-state index in [0.717, 1.165) is 4.90 Å². The molecule has 1 aliphatic carbocycles. The molecule has 42 heavy (non-hydrogen) atoms. The van der Waals surface area contributed by atoms with E-state index in [-0.39, 0.29) is 23.5 Å². The number of amides is 1. The number of carbonyl (C=O) groups excluding carboxylic acids is 2. The second-order valence-corrected chi connectivity index (χ2v) is 11.2. The van der Waals surface area contributed by atoms with Gasteiger partial charge in [0.2, 0.25) is 5.91 Å². The maximum absolute atomic E-state index is 14.0. The lowest BCUT2D eigenvalue weighted by molar-refractivity contribution is -0.143. The van der Waals surface area contributed by atoms with Gasteiger partial charge in [0.15, 0.2) is 0 Å². The van der Waals surface area contributed by atoms with Crippen molar-refractivity contribution in [1.82, 2.24) is 4.98 Å². The highest BCUT2D eigenvalue weighted by molar-refractivity contribution is 6.03. The number of rotatable bonds is 5. The van der Waals surface area contributed by atoms with Crippen molar-refractivity contribution in [2.75, 3.05) is 11.9 Å². The quantitative estimate of drug-likeness (QED) is 0.279. The Bertz CT molecular complexity index is 1480. The number of ketones is 1. The molecule has 224 valence electrons. The van der Waals surface area contributed by atoms with Crippen LogP contribution in [0.3, 0.4) is 0 Å². The second kappa shape index (κ2) is 11.1. The Morgan fingerprint density at radius 1 is 0.857 bits per heavy atom. The minimum Gasteiger partial charge on any atom is -0.313 e. The molecule has 1 aromatic heterocycles. The summed E-state index contributed by atoms with van der Waals surface area (Å²) < 4.78 is 95.3. The van der Waals surface area contributed by atoms with E-state index in [2.05, 4.69) is 4.98 Å². The zero-order chi connectivity index (χ0) is 31.2. The van der Waals surface area contributed by atoms with E-state index in [1.807, 2.05) is 0 Å². The highest BCUT2D eigenvalue weighted by atomic mass is 19.4. The number of aromatic nitrogens is 1. The molecular formula is C31H29F7N2O2. The van der Waals surface area contributed by atoms with Gasteiger partial charge in [0.1, 0.15) is 11.6 Å². The molecule has 1 amide bonds. The van der Waals surface area contributed by atoms with Crippen molar-refractivity contribution in [1.29, 1.82) is 0 Å². The molecule has 0 spiro atoms. The summed E-state index contributed by atoms with van der Waals surface area (Å²) in [5, 5.41) is 0. The summed E-state index contributed by atoms with van der Waals surface area (Å²) in [6, 6.07) is 6.96. The molecule has 0 aliphatic heterocycles. The average Bonchev–Trinajstić information content (AvgIpc) is 2.91. The van der Waals surface area contributed by atoms with E-state index in [1.165, 1.54) is 45.3 Å². The molecule has 0 radical (unpaired) electrons. The predicted molar refractivity (Wildman–Crippen MR) is 143 cm³/mol. The highest BCUT2D eigenvalue weighted by Gasteiger charge is 2.41. The number of Topliss-reactive ketones (excluding diaryl/α,β-unsaturated/α-hetero) is 1. The lowest BCUT2D eigenvalue weighted by Crippen LogP contribution is -2.42. The number of carbonyl (C=O) groups is 2. The zero-order valence-electron chi connectivity index (χ0n) is 23.4. The number of halogens is 7. The van der Waals surface area contributed by atoms with Gasteiger partial charge in [-0.2, -0.15) is 26.3 Å². The minimum absolute atomic E-state index is 0.0185. The van der Waals surface area contributed by atoms with E-state index in [4.69, 9.17) is 0 Å². The summed E-state index contributed by atoms with van der Waals surface area (Å²) in [4.78, 5) is 31.3. The van der Waals surface area contributed by atoms with Crippen LogP contribution in [0.2, 0.25) is 0 Å². The fourth-order valence-electron chi connectivity index (χ4n) is 5.30. The van der Waals surface area contributed by atoms with E-state index >= 15 is 0 Å². The third kappa shape index (κ3) is 6.34. The largest absolute Gasteiger partial charge is 0.416 e. The molecule has 0 N–H and O–H groups in total. The maximum Gasteiger partial charge on any atom is 0.416 e. The number of likely N-dealkylation sites (N-methyl/N-ethyl adjacent to an activating group) is 1. The predicted octanol–water partition coefficient (Wildman–Crippen LogP) is 8.40. The first-order chi connectivity index (χ1) is 19.4. The van der Waals surface area contributed by atoms with Crippen LogP contribution in [-0.4, -0.2) is 23.7 Å². The number of benzene rings is 2. The lowest BCUT2D eigenvalue weighted by atomic mass is 9.81. The number of pyridine rings is 1. The standard InChI is InChI=1S/C31H29F7N2O2/c1-17-11-22(32)7-10-24(17)25-15-26(18-5-8-23(41)9-6-18)39-16-27(25)40(4)28(42)29(2,3)19-12-20(30(33,34)35)14-21(13-19)31(36,37)38/h7,10-16,18H,5-6,8-9H2,1-4H3. The van der Waals surface area contributed by atoms with Crippen LogP contribution in [0, 0.1) is 12.7 Å². The molecule has 1 heterocycles. The van der Waals surface area contributed by atoms with Crippen molar-refractivity contribution in [3.05, 3.63) is 82.4 Å². The molecule has 1 fully saturated rings. The molecule has 1 saturated carbocycles. The summed E-state index contributed by atoms with van der Waals surface area (Å²) in [6.45, 7) is 4.19. The van der Waals surface area contributed by atoms with Crippen LogP contribution in [0.25, 0.3) is 11.1 Å². The summed E-state index contributed by atoms with van der Waals surface area (Å²) in [7, 11) is 1.36. The Balaban J connectivity index is 1.81. The fourth-order valence-corrected chi connectivity index (χ4v) is 5.30. The van der Waals surface area contributed by atoms with Gasteiger partial charge in [-0.15, -0.1) is 0 Å². The molecule has 0 bridgehead atoms. The van der Waals surface area contributed by atoms with Gasteiger partial charge in [-0.3, -0.25) is 14.6 Å². The molecule has 0 saturated heterocycles. The SMILES string of the molecule is Cc1cc(F)ccc1-c1cc(C2CCC(=O)CC2)ncc1N(C)C(=O)C(C)(C)c1cc(C(F)(F)F)cc(C(F)(F)F)c1. The third-order valence-corrected chi connectivity index (χ3v) is 7.85. The summed E-state index contributed by atoms with van der Waals surface area (Å²) >= 11 is 0. The van der Waals surface area contributed by atoms with Gasteiger partial charge in [0.05, 0.1) is 28.4 Å². The molecule has 4 rings (SSSR count). The van der Waals surface area contributed by atoms with Crippen LogP contribution in [-0.2, 0) is 27.4 Å². The normalized spacial score (nSPS) is 15.2. The maximum atomic E-state index is 14.0. The topological polar surface area (TPSA) is 50.3 Å². The van der Waals surface area contributed by atoms with E-state index in [0.29, 0.717) is 60.2 Å². The molecule has 0 atom stereocenters. The highest BCUT2D eigenvalue weighted by Crippen LogP contribution is 2.42. The van der Waals surface area contributed by atoms with E-state index in [1.54, 1.807) is 13.0 Å². The van der Waals surface area contributed by atoms with Crippen molar-refractivity contribution in [2.45, 2.75) is 70.1 Å². The summed E-state index contributed by atoms with van der Waals surface area (Å²) in [5.74, 6) is -1.13. The molecule has 1 aliphatic rings. The molecule has 0 unspecified atom stereocenters. The molecular weight excluding hydrogens is 565 g/mol. The van der Waals surface area contributed by atoms with Crippen LogP contribution in [0.4, 0.5) is 36.4 Å². The van der Waals surface area contributed by atoms with Crippen molar-refractivity contribution in [3.8, 4) is 11.1 Å². The average molecular weight is 595 g/mol. The number of hydrogen-bond donors (Lipinski definition) is 0. The Hall–Kier alpha value is -3.76. The smallest absolute Gasteiger partial charge is 0.313 e. The van der Waals surface area contributed by atoms with E-state index in [9.17, 15) is 40.3 Å². The molecule has 3 aromatic rings. The number of aryl methyl sites for hydroxylation is 1. The molecule has 11 heteroatoms. The third-order valence-electron chi connectivity index (χ3n) is 7.85. The minimum atomic E-state index is -5.07. The Morgan fingerprint density at radius 2 is 1.40 bits per heavy atom. The zero-order valence-corrected chi connectivity index (χ0v) is 23.4. The van der Waals surface area contributed by atoms with Gasteiger partial charge >= 0.3 is 12.4 Å². The second-order valence-electron chi connectivity index (χ2n) is 11.2. The molecule has 4 nitrogen and oxygen atoms in total. The van der Waals surface area contributed by atoms with Crippen LogP contribution < -0.4 is 4.90 Å². The first kappa shape index (κ1) is 31.2. The number of nitrogens with zero attached hydrogens (tertiary/aromatic N) is 2. The summed E-state index contributed by atoms with van der Waals surface area (Å²) in [6.07, 6.45) is -6.73. The number of hydrogen-bond acceptors (Lipinski definition) is 3. The summed E-state index contributed by atoms with van der Waals surface area (Å²) in [5.41, 5.74) is -2.82. The first-order valence-corrected chi connectivity index (χ1v) is 13.3. The van der Waals surface area contributed by atoms with Gasteiger partial charge in [0, 0.05) is 37.1 Å². The Kier molecular flexibility index (Phi) is 8.28. The lowest BCUT2D eigenvalue weighted by Gasteiger charge is -2.32. The van der Waals surface area contributed by atoms with Crippen molar-refractivity contribution < 1.29 is 40.3 Å². The monoisotopic (exact) mass is 594 g/mol. The Labute approximate surface area is 238 Å². The number of alkyl halides is 6. The van der Waals surface area contributed by atoms with E-state index < -0.39 is 46.2 Å². The van der Waals surface area contributed by atoms with Gasteiger partial charge < -0.3 is 4.90 Å². The van der Waals surface area contributed by atoms with Gasteiger partial charge in [0.25, 0.3) is 0 Å².